The van der Waals surface area contributed by atoms with Crippen LogP contribution < -0.4 is 9.47 Å². The highest BCUT2D eigenvalue weighted by atomic mass is 16.6. The SMILES string of the molecule is CC(C)(C)c1ccc(OC(=O)COc2ccc([N+](=O)[O-])cc2)cc1. The first-order valence-corrected chi connectivity index (χ1v) is 7.44. The van der Waals surface area contributed by atoms with E-state index in [1.54, 1.807) is 12.1 Å². The molecule has 6 nitrogen and oxygen atoms in total. The molecule has 0 atom stereocenters. The van der Waals surface area contributed by atoms with Gasteiger partial charge in [0.1, 0.15) is 11.5 Å². The predicted molar refractivity (Wildman–Crippen MR) is 89.4 cm³/mol. The maximum absolute atomic E-state index is 11.8. The Morgan fingerprint density at radius 3 is 2.04 bits per heavy atom. The molecule has 2 aromatic carbocycles. The van der Waals surface area contributed by atoms with Crippen LogP contribution >= 0.6 is 0 Å². The van der Waals surface area contributed by atoms with E-state index < -0.39 is 10.9 Å². The number of nitro groups is 1. The lowest BCUT2D eigenvalue weighted by molar-refractivity contribution is -0.384. The predicted octanol–water partition coefficient (Wildman–Crippen LogP) is 3.88. The van der Waals surface area contributed by atoms with Gasteiger partial charge >= 0.3 is 5.97 Å². The Hall–Kier alpha value is -2.89. The zero-order chi connectivity index (χ0) is 17.7. The first-order valence-electron chi connectivity index (χ1n) is 7.44. The normalized spacial score (nSPS) is 11.0. The highest BCUT2D eigenvalue weighted by Crippen LogP contribution is 2.24. The molecular weight excluding hydrogens is 310 g/mol. The highest BCUT2D eigenvalue weighted by molar-refractivity contribution is 5.74. The molecule has 0 saturated carbocycles. The standard InChI is InChI=1S/C18H19NO5/c1-18(2,3)13-4-8-16(9-5-13)24-17(20)12-23-15-10-6-14(7-11-15)19(21)22/h4-11H,12H2,1-3H3. The molecule has 0 aliphatic carbocycles. The molecule has 0 spiro atoms. The second-order valence-electron chi connectivity index (χ2n) is 6.29. The van der Waals surface area contributed by atoms with Crippen molar-refractivity contribution < 1.29 is 19.2 Å². The van der Waals surface area contributed by atoms with Crippen LogP contribution in [-0.4, -0.2) is 17.5 Å². The van der Waals surface area contributed by atoms with Crippen LogP contribution in [0.1, 0.15) is 26.3 Å². The molecule has 0 bridgehead atoms. The van der Waals surface area contributed by atoms with Crippen molar-refractivity contribution in [2.75, 3.05) is 6.61 Å². The number of esters is 1. The lowest BCUT2D eigenvalue weighted by atomic mass is 9.87. The number of non-ortho nitro benzene ring substituents is 1. The zero-order valence-corrected chi connectivity index (χ0v) is 13.8. The van der Waals surface area contributed by atoms with Crippen LogP contribution in [0.4, 0.5) is 5.69 Å². The monoisotopic (exact) mass is 329 g/mol. The fraction of sp³-hybridized carbons (Fsp3) is 0.278. The molecule has 2 rings (SSSR count). The third-order valence-corrected chi connectivity index (χ3v) is 3.36. The number of hydrogen-bond acceptors (Lipinski definition) is 5. The van der Waals surface area contributed by atoms with Gasteiger partial charge in [-0.15, -0.1) is 0 Å². The lowest BCUT2D eigenvalue weighted by Gasteiger charge is -2.19. The number of carbonyl (C=O) groups excluding carboxylic acids is 1. The maximum Gasteiger partial charge on any atom is 0.349 e. The number of nitrogens with zero attached hydrogens (tertiary/aromatic N) is 1. The quantitative estimate of drug-likeness (QED) is 0.360. The molecule has 2 aromatic rings. The molecule has 6 heteroatoms. The third kappa shape index (κ3) is 4.81. The van der Waals surface area contributed by atoms with Gasteiger partial charge in [0.05, 0.1) is 4.92 Å². The van der Waals surface area contributed by atoms with Crippen LogP contribution in [0.5, 0.6) is 11.5 Å². The zero-order valence-electron chi connectivity index (χ0n) is 13.8. The Bertz CT molecular complexity index is 715. The van der Waals surface area contributed by atoms with Crippen LogP contribution in [0.3, 0.4) is 0 Å². The summed E-state index contributed by atoms with van der Waals surface area (Å²) < 4.78 is 10.4. The highest BCUT2D eigenvalue weighted by Gasteiger charge is 2.14. The van der Waals surface area contributed by atoms with Crippen LogP contribution in [-0.2, 0) is 10.2 Å². The number of rotatable bonds is 5. The molecule has 0 N–H and O–H groups in total. The Morgan fingerprint density at radius 1 is 1.00 bits per heavy atom. The molecule has 0 heterocycles. The first-order chi connectivity index (χ1) is 11.3. The smallest absolute Gasteiger partial charge is 0.349 e. The average Bonchev–Trinajstić information content (AvgIpc) is 2.53. The van der Waals surface area contributed by atoms with Gasteiger partial charge in [-0.25, -0.2) is 4.79 Å². The van der Waals surface area contributed by atoms with Gasteiger partial charge in [-0.3, -0.25) is 10.1 Å². The summed E-state index contributed by atoms with van der Waals surface area (Å²) in [6, 6.07) is 12.8. The van der Waals surface area contributed by atoms with Gasteiger partial charge in [0.25, 0.3) is 5.69 Å². The Morgan fingerprint density at radius 2 is 1.54 bits per heavy atom. The summed E-state index contributed by atoms with van der Waals surface area (Å²) in [5.41, 5.74) is 1.13. The Labute approximate surface area is 140 Å². The number of carbonyl (C=O) groups is 1. The molecule has 0 fully saturated rings. The van der Waals surface area contributed by atoms with Crippen LogP contribution in [0.2, 0.25) is 0 Å². The van der Waals surface area contributed by atoms with E-state index in [2.05, 4.69) is 20.8 Å². The topological polar surface area (TPSA) is 78.7 Å². The molecular formula is C18H19NO5. The summed E-state index contributed by atoms with van der Waals surface area (Å²) in [5, 5.41) is 10.6. The van der Waals surface area contributed by atoms with Crippen LogP contribution in [0.15, 0.2) is 48.5 Å². The summed E-state index contributed by atoms with van der Waals surface area (Å²) in [5.74, 6) is 0.262. The van der Waals surface area contributed by atoms with Crippen molar-refractivity contribution in [2.45, 2.75) is 26.2 Å². The van der Waals surface area contributed by atoms with Gasteiger partial charge in [0.2, 0.25) is 0 Å². The fourth-order valence-corrected chi connectivity index (χ4v) is 1.99. The molecule has 0 unspecified atom stereocenters. The maximum atomic E-state index is 11.8. The second-order valence-corrected chi connectivity index (χ2v) is 6.29. The Kier molecular flexibility index (Phi) is 5.18. The minimum absolute atomic E-state index is 0.0293. The summed E-state index contributed by atoms with van der Waals surface area (Å²) in [6.07, 6.45) is 0. The van der Waals surface area contributed by atoms with Crippen molar-refractivity contribution in [3.63, 3.8) is 0 Å². The number of nitro benzene ring substituents is 1. The van der Waals surface area contributed by atoms with Crippen LogP contribution in [0, 0.1) is 10.1 Å². The minimum Gasteiger partial charge on any atom is -0.482 e. The van der Waals surface area contributed by atoms with Crippen molar-refractivity contribution in [3.8, 4) is 11.5 Å². The van der Waals surface area contributed by atoms with Crippen molar-refractivity contribution >= 4 is 11.7 Å². The van der Waals surface area contributed by atoms with Gasteiger partial charge in [0.15, 0.2) is 6.61 Å². The number of benzene rings is 2. The first kappa shape index (κ1) is 17.5. The molecule has 0 radical (unpaired) electrons. The van der Waals surface area contributed by atoms with Crippen molar-refractivity contribution in [2.24, 2.45) is 0 Å². The molecule has 0 aliphatic rings. The molecule has 0 aromatic heterocycles. The lowest BCUT2D eigenvalue weighted by Crippen LogP contribution is -2.18. The van der Waals surface area contributed by atoms with E-state index in [4.69, 9.17) is 9.47 Å². The molecule has 0 saturated heterocycles. The van der Waals surface area contributed by atoms with E-state index in [1.807, 2.05) is 12.1 Å². The van der Waals surface area contributed by atoms with Gasteiger partial charge in [0, 0.05) is 12.1 Å². The van der Waals surface area contributed by atoms with E-state index in [0.29, 0.717) is 11.5 Å². The summed E-state index contributed by atoms with van der Waals surface area (Å²) in [4.78, 5) is 21.8. The van der Waals surface area contributed by atoms with Crippen molar-refractivity contribution in [1.82, 2.24) is 0 Å². The third-order valence-electron chi connectivity index (χ3n) is 3.36. The molecule has 126 valence electrons. The van der Waals surface area contributed by atoms with Crippen molar-refractivity contribution in [1.29, 1.82) is 0 Å². The van der Waals surface area contributed by atoms with Crippen molar-refractivity contribution in [3.05, 3.63) is 64.2 Å². The second kappa shape index (κ2) is 7.12. The van der Waals surface area contributed by atoms with Crippen LogP contribution in [0.25, 0.3) is 0 Å². The number of ether oxygens (including phenoxy) is 2. The van der Waals surface area contributed by atoms with E-state index >= 15 is 0 Å². The summed E-state index contributed by atoms with van der Waals surface area (Å²) >= 11 is 0. The summed E-state index contributed by atoms with van der Waals surface area (Å²) in [6.45, 7) is 6.03. The largest absolute Gasteiger partial charge is 0.482 e. The summed E-state index contributed by atoms with van der Waals surface area (Å²) in [7, 11) is 0. The van der Waals surface area contributed by atoms with E-state index in [9.17, 15) is 14.9 Å². The van der Waals surface area contributed by atoms with E-state index in [-0.39, 0.29) is 17.7 Å². The van der Waals surface area contributed by atoms with E-state index in [1.165, 1.54) is 24.3 Å². The fourth-order valence-electron chi connectivity index (χ4n) is 1.99. The van der Waals surface area contributed by atoms with Gasteiger partial charge in [-0.05, 0) is 35.2 Å². The molecule has 0 amide bonds. The van der Waals surface area contributed by atoms with E-state index in [0.717, 1.165) is 5.56 Å². The Balaban J connectivity index is 1.88. The average molecular weight is 329 g/mol. The molecule has 0 aliphatic heterocycles. The minimum atomic E-state index is -0.545. The van der Waals surface area contributed by atoms with Gasteiger partial charge in [-0.1, -0.05) is 32.9 Å². The van der Waals surface area contributed by atoms with Gasteiger partial charge in [-0.2, -0.15) is 0 Å². The molecule has 24 heavy (non-hydrogen) atoms. The number of hydrogen-bond donors (Lipinski definition) is 0. The van der Waals surface area contributed by atoms with Gasteiger partial charge < -0.3 is 9.47 Å².